The monoisotopic (exact) mass is 411 g/mol. The molecule has 31 heavy (non-hydrogen) atoms. The summed E-state index contributed by atoms with van der Waals surface area (Å²) in [6.45, 7) is 5.44. The molecule has 0 saturated carbocycles. The zero-order valence-electron chi connectivity index (χ0n) is 17.8. The van der Waals surface area contributed by atoms with Crippen LogP contribution < -0.4 is 10.2 Å². The smallest absolute Gasteiger partial charge is 0.229 e. The average Bonchev–Trinajstić information content (AvgIpc) is 3.32. The van der Waals surface area contributed by atoms with Gasteiger partial charge in [0.05, 0.1) is 5.92 Å². The molecule has 2 heterocycles. The summed E-state index contributed by atoms with van der Waals surface area (Å²) in [4.78, 5) is 27.2. The number of aryl methyl sites for hydroxylation is 2. The van der Waals surface area contributed by atoms with E-state index in [0.29, 0.717) is 6.54 Å². The van der Waals surface area contributed by atoms with Gasteiger partial charge in [0, 0.05) is 52.7 Å². The van der Waals surface area contributed by atoms with E-state index in [1.807, 2.05) is 55.5 Å². The number of benzene rings is 3. The highest BCUT2D eigenvalue weighted by Crippen LogP contribution is 2.32. The number of fused-ring (bicyclic) bond motifs is 3. The lowest BCUT2D eigenvalue weighted by atomic mass is 10.1. The van der Waals surface area contributed by atoms with Gasteiger partial charge in [-0.3, -0.25) is 9.59 Å². The highest BCUT2D eigenvalue weighted by molar-refractivity contribution is 6.10. The molecule has 3 aromatic carbocycles. The third-order valence-electron chi connectivity index (χ3n) is 6.20. The Hall–Kier alpha value is -3.60. The Morgan fingerprint density at radius 3 is 2.52 bits per heavy atom. The Balaban J connectivity index is 1.38. The van der Waals surface area contributed by atoms with Crippen molar-refractivity contribution >= 4 is 45.0 Å². The zero-order chi connectivity index (χ0) is 21.5. The van der Waals surface area contributed by atoms with Gasteiger partial charge in [0.25, 0.3) is 0 Å². The molecule has 156 valence electrons. The minimum Gasteiger partial charge on any atom is -0.341 e. The second-order valence-corrected chi connectivity index (χ2v) is 8.22. The fourth-order valence-electron chi connectivity index (χ4n) is 4.57. The first-order valence-electron chi connectivity index (χ1n) is 10.7. The Morgan fingerprint density at radius 2 is 1.74 bits per heavy atom. The van der Waals surface area contributed by atoms with Gasteiger partial charge < -0.3 is 14.8 Å². The maximum Gasteiger partial charge on any atom is 0.229 e. The Morgan fingerprint density at radius 1 is 1.00 bits per heavy atom. The number of hydrogen-bond donors (Lipinski definition) is 1. The quantitative estimate of drug-likeness (QED) is 0.507. The summed E-state index contributed by atoms with van der Waals surface area (Å²) in [7, 11) is 0. The highest BCUT2D eigenvalue weighted by Gasteiger charge is 2.35. The first-order valence-corrected chi connectivity index (χ1v) is 10.7. The Kier molecular flexibility index (Phi) is 4.74. The summed E-state index contributed by atoms with van der Waals surface area (Å²) in [6, 6.07) is 22.2. The fraction of sp³-hybridized carbons (Fsp3) is 0.231. The summed E-state index contributed by atoms with van der Waals surface area (Å²) in [5.41, 5.74) is 5.10. The number of nitrogens with one attached hydrogen (secondary N) is 1. The normalized spacial score (nSPS) is 16.4. The molecule has 0 radical (unpaired) electrons. The molecule has 0 aliphatic carbocycles. The fourth-order valence-corrected chi connectivity index (χ4v) is 4.57. The SMILES string of the molecule is CCn1c2ccccc2c2cc(NC(=O)C3CC(=O)N(c4ccc(C)cc4)C3)ccc21. The number of carbonyl (C=O) groups is 2. The van der Waals surface area contributed by atoms with Crippen molar-refractivity contribution in [1.82, 2.24) is 4.57 Å². The molecule has 1 aliphatic heterocycles. The molecule has 1 fully saturated rings. The van der Waals surface area contributed by atoms with E-state index < -0.39 is 0 Å². The minimum atomic E-state index is -0.360. The number of hydrogen-bond acceptors (Lipinski definition) is 2. The third kappa shape index (κ3) is 3.36. The predicted octanol–water partition coefficient (Wildman–Crippen LogP) is 5.11. The van der Waals surface area contributed by atoms with Gasteiger partial charge in [-0.15, -0.1) is 0 Å². The van der Waals surface area contributed by atoms with Crippen molar-refractivity contribution in [3.05, 3.63) is 72.3 Å². The van der Waals surface area contributed by atoms with Crippen LogP contribution >= 0.6 is 0 Å². The molecule has 5 heteroatoms. The molecule has 1 N–H and O–H groups in total. The summed E-state index contributed by atoms with van der Waals surface area (Å²) < 4.78 is 2.28. The van der Waals surface area contributed by atoms with E-state index in [2.05, 4.69) is 35.0 Å². The molecule has 1 unspecified atom stereocenters. The molecular formula is C26H25N3O2. The summed E-state index contributed by atoms with van der Waals surface area (Å²) in [5, 5.41) is 5.34. The van der Waals surface area contributed by atoms with Crippen LogP contribution in [0.2, 0.25) is 0 Å². The molecule has 2 amide bonds. The average molecular weight is 412 g/mol. The van der Waals surface area contributed by atoms with Crippen LogP contribution in [-0.4, -0.2) is 22.9 Å². The molecule has 5 nitrogen and oxygen atoms in total. The van der Waals surface area contributed by atoms with Crippen LogP contribution in [0.4, 0.5) is 11.4 Å². The van der Waals surface area contributed by atoms with Gasteiger partial charge in [-0.1, -0.05) is 35.9 Å². The maximum atomic E-state index is 13.0. The van der Waals surface area contributed by atoms with Crippen LogP contribution in [0.1, 0.15) is 18.9 Å². The van der Waals surface area contributed by atoms with Gasteiger partial charge in [-0.05, 0) is 50.2 Å². The molecule has 5 rings (SSSR count). The van der Waals surface area contributed by atoms with Crippen LogP contribution in [0, 0.1) is 12.8 Å². The van der Waals surface area contributed by atoms with Crippen molar-refractivity contribution in [2.45, 2.75) is 26.8 Å². The van der Waals surface area contributed by atoms with Crippen LogP contribution in [-0.2, 0) is 16.1 Å². The number of rotatable bonds is 4. The van der Waals surface area contributed by atoms with E-state index in [1.54, 1.807) is 4.90 Å². The van der Waals surface area contributed by atoms with Gasteiger partial charge in [0.1, 0.15) is 0 Å². The second kappa shape index (κ2) is 7.58. The van der Waals surface area contributed by atoms with Gasteiger partial charge >= 0.3 is 0 Å². The van der Waals surface area contributed by atoms with Gasteiger partial charge in [0.15, 0.2) is 0 Å². The summed E-state index contributed by atoms with van der Waals surface area (Å²) in [5.74, 6) is -0.478. The van der Waals surface area contributed by atoms with Gasteiger partial charge in [-0.2, -0.15) is 0 Å². The predicted molar refractivity (Wildman–Crippen MR) is 125 cm³/mol. The molecule has 0 spiro atoms. The minimum absolute atomic E-state index is 0.00882. The number of nitrogens with zero attached hydrogens (tertiary/aromatic N) is 2. The van der Waals surface area contributed by atoms with Crippen molar-refractivity contribution in [2.75, 3.05) is 16.8 Å². The first-order chi connectivity index (χ1) is 15.0. The van der Waals surface area contributed by atoms with Crippen LogP contribution in [0.5, 0.6) is 0 Å². The lowest BCUT2D eigenvalue weighted by molar-refractivity contribution is -0.122. The van der Waals surface area contributed by atoms with E-state index in [-0.39, 0.29) is 24.2 Å². The van der Waals surface area contributed by atoms with Gasteiger partial charge in [-0.25, -0.2) is 0 Å². The molecule has 1 aliphatic rings. The van der Waals surface area contributed by atoms with E-state index in [4.69, 9.17) is 0 Å². The van der Waals surface area contributed by atoms with Crippen LogP contribution in [0.3, 0.4) is 0 Å². The molecular weight excluding hydrogens is 386 g/mol. The number of amides is 2. The Labute approximate surface area is 181 Å². The van der Waals surface area contributed by atoms with E-state index >= 15 is 0 Å². The summed E-state index contributed by atoms with van der Waals surface area (Å²) >= 11 is 0. The highest BCUT2D eigenvalue weighted by atomic mass is 16.2. The second-order valence-electron chi connectivity index (χ2n) is 8.22. The van der Waals surface area contributed by atoms with Crippen molar-refractivity contribution in [3.8, 4) is 0 Å². The van der Waals surface area contributed by atoms with E-state index in [9.17, 15) is 9.59 Å². The van der Waals surface area contributed by atoms with Crippen molar-refractivity contribution in [2.24, 2.45) is 5.92 Å². The zero-order valence-corrected chi connectivity index (χ0v) is 17.8. The lowest BCUT2D eigenvalue weighted by Gasteiger charge is -2.17. The molecule has 4 aromatic rings. The number of anilines is 2. The third-order valence-corrected chi connectivity index (χ3v) is 6.20. The topological polar surface area (TPSA) is 54.3 Å². The molecule has 1 saturated heterocycles. The van der Waals surface area contributed by atoms with Crippen molar-refractivity contribution in [1.29, 1.82) is 0 Å². The van der Waals surface area contributed by atoms with Gasteiger partial charge in [0.2, 0.25) is 11.8 Å². The summed E-state index contributed by atoms with van der Waals surface area (Å²) in [6.07, 6.45) is 0.233. The Bertz CT molecular complexity index is 1300. The van der Waals surface area contributed by atoms with Crippen molar-refractivity contribution < 1.29 is 9.59 Å². The largest absolute Gasteiger partial charge is 0.341 e. The number of para-hydroxylation sites is 1. The first kappa shape index (κ1) is 19.4. The van der Waals surface area contributed by atoms with Crippen molar-refractivity contribution in [3.63, 3.8) is 0 Å². The maximum absolute atomic E-state index is 13.0. The van der Waals surface area contributed by atoms with E-state index in [1.165, 1.54) is 10.9 Å². The standard InChI is InChI=1S/C26H25N3O2/c1-3-28-23-7-5-4-6-21(23)22-15-19(10-13-24(22)28)27-26(31)18-14-25(30)29(16-18)20-11-8-17(2)9-12-20/h4-13,15,18H,3,14,16H2,1-2H3,(H,27,31). The van der Waals surface area contributed by atoms with E-state index in [0.717, 1.165) is 34.4 Å². The number of carbonyl (C=O) groups excluding carboxylic acids is 2. The lowest BCUT2D eigenvalue weighted by Crippen LogP contribution is -2.28. The molecule has 0 bridgehead atoms. The molecule has 1 atom stereocenters. The van der Waals surface area contributed by atoms with Crippen LogP contribution in [0.15, 0.2) is 66.7 Å². The van der Waals surface area contributed by atoms with Crippen LogP contribution in [0.25, 0.3) is 21.8 Å². The number of aromatic nitrogens is 1. The molecule has 1 aromatic heterocycles.